The van der Waals surface area contributed by atoms with Crippen LogP contribution in [0.5, 0.6) is 0 Å². The molecule has 1 saturated heterocycles. The summed E-state index contributed by atoms with van der Waals surface area (Å²) in [5, 5.41) is 6.44. The van der Waals surface area contributed by atoms with Gasteiger partial charge in [-0.25, -0.2) is 0 Å². The maximum Gasteiger partial charge on any atom is 0.220 e. The largest absolute Gasteiger partial charge is 0.356 e. The van der Waals surface area contributed by atoms with E-state index in [1.165, 1.54) is 12.8 Å². The first-order chi connectivity index (χ1) is 7.84. The van der Waals surface area contributed by atoms with Gasteiger partial charge in [-0.05, 0) is 50.6 Å². The number of piperidine rings is 1. The predicted octanol–water partition coefficient (Wildman–Crippen LogP) is 1.46. The molecular weight excluding hydrogens is 200 g/mol. The van der Waals surface area contributed by atoms with E-state index in [9.17, 15) is 4.79 Å². The highest BCUT2D eigenvalue weighted by Crippen LogP contribution is 2.20. The third kappa shape index (κ3) is 3.63. The molecule has 1 heterocycles. The number of nitrogens with one attached hydrogen (secondary N) is 2. The lowest BCUT2D eigenvalue weighted by Crippen LogP contribution is -2.38. The molecule has 2 aliphatic rings. The molecule has 0 aromatic carbocycles. The Morgan fingerprint density at radius 3 is 3.06 bits per heavy atom. The number of allylic oxidation sites excluding steroid dienone is 2. The third-order valence-electron chi connectivity index (χ3n) is 3.55. The molecule has 2 N–H and O–H groups in total. The van der Waals surface area contributed by atoms with Crippen LogP contribution in [-0.2, 0) is 4.79 Å². The van der Waals surface area contributed by atoms with E-state index in [0.29, 0.717) is 18.3 Å². The molecule has 1 fully saturated rings. The highest BCUT2D eigenvalue weighted by Gasteiger charge is 2.16. The van der Waals surface area contributed by atoms with Crippen LogP contribution in [0, 0.1) is 11.8 Å². The van der Waals surface area contributed by atoms with Gasteiger partial charge in [-0.2, -0.15) is 0 Å². The van der Waals surface area contributed by atoms with Crippen molar-refractivity contribution in [2.75, 3.05) is 19.6 Å². The van der Waals surface area contributed by atoms with Crippen LogP contribution < -0.4 is 10.6 Å². The summed E-state index contributed by atoms with van der Waals surface area (Å²) in [4.78, 5) is 11.7. The normalized spacial score (nSPS) is 29.2. The van der Waals surface area contributed by atoms with Crippen LogP contribution in [0.4, 0.5) is 0 Å². The monoisotopic (exact) mass is 222 g/mol. The van der Waals surface area contributed by atoms with Gasteiger partial charge in [0.25, 0.3) is 0 Å². The molecule has 1 aliphatic carbocycles. The zero-order valence-corrected chi connectivity index (χ0v) is 9.87. The Morgan fingerprint density at radius 1 is 1.44 bits per heavy atom. The van der Waals surface area contributed by atoms with E-state index in [-0.39, 0.29) is 5.91 Å². The molecule has 1 aliphatic heterocycles. The second kappa shape index (κ2) is 6.04. The summed E-state index contributed by atoms with van der Waals surface area (Å²) in [5.41, 5.74) is 0. The summed E-state index contributed by atoms with van der Waals surface area (Å²) >= 11 is 0. The van der Waals surface area contributed by atoms with E-state index in [4.69, 9.17) is 0 Å². The van der Waals surface area contributed by atoms with Crippen molar-refractivity contribution < 1.29 is 4.79 Å². The minimum Gasteiger partial charge on any atom is -0.356 e. The average molecular weight is 222 g/mol. The summed E-state index contributed by atoms with van der Waals surface area (Å²) in [5.74, 6) is 1.35. The molecule has 2 unspecified atom stereocenters. The second-order valence-corrected chi connectivity index (χ2v) is 4.99. The zero-order valence-electron chi connectivity index (χ0n) is 9.87. The Kier molecular flexibility index (Phi) is 4.40. The van der Waals surface area contributed by atoms with E-state index < -0.39 is 0 Å². The standard InChI is InChI=1S/C13H22N2O/c16-13(8-11-4-1-2-5-11)15-10-12-6-3-7-14-9-12/h1,4,11-12,14H,2-3,5-10H2,(H,15,16). The van der Waals surface area contributed by atoms with Crippen molar-refractivity contribution in [3.63, 3.8) is 0 Å². The van der Waals surface area contributed by atoms with Gasteiger partial charge in [0.05, 0.1) is 0 Å². The fraction of sp³-hybridized carbons (Fsp3) is 0.769. The quantitative estimate of drug-likeness (QED) is 0.707. The Balaban J connectivity index is 1.61. The first-order valence-corrected chi connectivity index (χ1v) is 6.48. The molecule has 3 nitrogen and oxygen atoms in total. The maximum absolute atomic E-state index is 11.7. The minimum atomic E-state index is 0.224. The summed E-state index contributed by atoms with van der Waals surface area (Å²) in [6, 6.07) is 0. The van der Waals surface area contributed by atoms with Crippen molar-refractivity contribution in [1.29, 1.82) is 0 Å². The molecule has 0 saturated carbocycles. The average Bonchev–Trinajstić information content (AvgIpc) is 2.81. The highest BCUT2D eigenvalue weighted by molar-refractivity contribution is 5.76. The molecule has 90 valence electrons. The first-order valence-electron chi connectivity index (χ1n) is 6.48. The van der Waals surface area contributed by atoms with Crippen LogP contribution in [-0.4, -0.2) is 25.5 Å². The van der Waals surface area contributed by atoms with E-state index in [0.717, 1.165) is 32.5 Å². The number of carbonyl (C=O) groups is 1. The number of amides is 1. The second-order valence-electron chi connectivity index (χ2n) is 4.99. The fourth-order valence-electron chi connectivity index (χ4n) is 2.53. The molecular formula is C13H22N2O. The Labute approximate surface area is 97.7 Å². The van der Waals surface area contributed by atoms with E-state index in [2.05, 4.69) is 22.8 Å². The molecule has 0 bridgehead atoms. The van der Waals surface area contributed by atoms with Gasteiger partial charge in [-0.3, -0.25) is 4.79 Å². The maximum atomic E-state index is 11.7. The number of hydrogen-bond acceptors (Lipinski definition) is 2. The zero-order chi connectivity index (χ0) is 11.2. The van der Waals surface area contributed by atoms with Crippen molar-refractivity contribution in [3.8, 4) is 0 Å². The molecule has 2 atom stereocenters. The predicted molar refractivity (Wildman–Crippen MR) is 65.1 cm³/mol. The van der Waals surface area contributed by atoms with E-state index in [1.54, 1.807) is 0 Å². The lowest BCUT2D eigenvalue weighted by Gasteiger charge is -2.23. The van der Waals surface area contributed by atoms with Gasteiger partial charge in [0.15, 0.2) is 0 Å². The van der Waals surface area contributed by atoms with Crippen molar-refractivity contribution in [3.05, 3.63) is 12.2 Å². The van der Waals surface area contributed by atoms with Crippen molar-refractivity contribution in [2.24, 2.45) is 11.8 Å². The van der Waals surface area contributed by atoms with Crippen LogP contribution in [0.25, 0.3) is 0 Å². The number of carbonyl (C=O) groups excluding carboxylic acids is 1. The molecule has 1 amide bonds. The van der Waals surface area contributed by atoms with Crippen molar-refractivity contribution >= 4 is 5.91 Å². The Hall–Kier alpha value is -0.830. The minimum absolute atomic E-state index is 0.224. The van der Waals surface area contributed by atoms with Gasteiger partial charge in [-0.1, -0.05) is 12.2 Å². The number of rotatable bonds is 4. The van der Waals surface area contributed by atoms with Gasteiger partial charge in [0.2, 0.25) is 5.91 Å². The Bertz CT molecular complexity index is 257. The molecule has 2 rings (SSSR count). The smallest absolute Gasteiger partial charge is 0.220 e. The fourth-order valence-corrected chi connectivity index (χ4v) is 2.53. The molecule has 0 aromatic rings. The van der Waals surface area contributed by atoms with Crippen LogP contribution in [0.3, 0.4) is 0 Å². The van der Waals surface area contributed by atoms with Gasteiger partial charge in [0, 0.05) is 13.0 Å². The lowest BCUT2D eigenvalue weighted by atomic mass is 9.99. The van der Waals surface area contributed by atoms with Crippen LogP contribution >= 0.6 is 0 Å². The molecule has 0 aromatic heterocycles. The van der Waals surface area contributed by atoms with E-state index >= 15 is 0 Å². The van der Waals surface area contributed by atoms with Crippen molar-refractivity contribution in [1.82, 2.24) is 10.6 Å². The topological polar surface area (TPSA) is 41.1 Å². The van der Waals surface area contributed by atoms with Crippen LogP contribution in [0.2, 0.25) is 0 Å². The highest BCUT2D eigenvalue weighted by atomic mass is 16.1. The van der Waals surface area contributed by atoms with Crippen molar-refractivity contribution in [2.45, 2.75) is 32.1 Å². The Morgan fingerprint density at radius 2 is 2.38 bits per heavy atom. The van der Waals surface area contributed by atoms with Gasteiger partial charge in [-0.15, -0.1) is 0 Å². The van der Waals surface area contributed by atoms with Crippen LogP contribution in [0.1, 0.15) is 32.1 Å². The first kappa shape index (κ1) is 11.6. The van der Waals surface area contributed by atoms with Gasteiger partial charge < -0.3 is 10.6 Å². The molecule has 3 heteroatoms. The molecule has 0 radical (unpaired) electrons. The molecule has 0 spiro atoms. The lowest BCUT2D eigenvalue weighted by molar-refractivity contribution is -0.121. The SMILES string of the molecule is O=C(CC1C=CCC1)NCC1CCCNC1. The van der Waals surface area contributed by atoms with Gasteiger partial charge >= 0.3 is 0 Å². The van der Waals surface area contributed by atoms with Gasteiger partial charge in [0.1, 0.15) is 0 Å². The third-order valence-corrected chi connectivity index (χ3v) is 3.55. The number of hydrogen-bond donors (Lipinski definition) is 2. The van der Waals surface area contributed by atoms with E-state index in [1.807, 2.05) is 0 Å². The summed E-state index contributed by atoms with van der Waals surface area (Å²) in [6.45, 7) is 3.04. The summed E-state index contributed by atoms with van der Waals surface area (Å²) < 4.78 is 0. The summed E-state index contributed by atoms with van der Waals surface area (Å²) in [6.07, 6.45) is 9.83. The molecule has 16 heavy (non-hydrogen) atoms. The summed E-state index contributed by atoms with van der Waals surface area (Å²) in [7, 11) is 0. The van der Waals surface area contributed by atoms with Crippen LogP contribution in [0.15, 0.2) is 12.2 Å².